The first-order valence-corrected chi connectivity index (χ1v) is 8.03. The molecule has 0 amide bonds. The van der Waals surface area contributed by atoms with Crippen molar-refractivity contribution < 1.29 is 4.79 Å². The molecule has 3 rings (SSSR count). The van der Waals surface area contributed by atoms with Gasteiger partial charge in [-0.1, -0.05) is 31.2 Å². The Morgan fingerprint density at radius 3 is 2.64 bits per heavy atom. The van der Waals surface area contributed by atoms with Gasteiger partial charge in [0.05, 0.1) is 18.3 Å². The third-order valence-electron chi connectivity index (χ3n) is 3.63. The summed E-state index contributed by atoms with van der Waals surface area (Å²) in [6.45, 7) is 3.64. The van der Waals surface area contributed by atoms with Gasteiger partial charge in [-0.2, -0.15) is 0 Å². The second kappa shape index (κ2) is 5.85. The zero-order chi connectivity index (χ0) is 15.7. The average Bonchev–Trinajstić information content (AvgIpc) is 2.94. The molecule has 3 aromatic rings. The van der Waals surface area contributed by atoms with Crippen LogP contribution in [0.5, 0.6) is 0 Å². The van der Waals surface area contributed by atoms with Crippen LogP contribution in [0.1, 0.15) is 19.4 Å². The van der Waals surface area contributed by atoms with Crippen LogP contribution >= 0.6 is 11.3 Å². The minimum Gasteiger partial charge on any atom is -0.298 e. The monoisotopic (exact) mass is 312 g/mol. The maximum atomic E-state index is 12.6. The van der Waals surface area contributed by atoms with E-state index in [1.807, 2.05) is 17.5 Å². The summed E-state index contributed by atoms with van der Waals surface area (Å²) in [5.74, 6) is -0.0627. The summed E-state index contributed by atoms with van der Waals surface area (Å²) in [5, 5.41) is 2.55. The molecule has 112 valence electrons. The van der Waals surface area contributed by atoms with Crippen molar-refractivity contribution in [2.45, 2.75) is 26.8 Å². The third kappa shape index (κ3) is 2.60. The third-order valence-corrected chi connectivity index (χ3v) is 4.51. The standard InChI is InChI=1S/C17H16N2O2S/c1-3-12-4-6-13(7-5-12)14-9-22-16-15(14)17(21)19(10-18-16)8-11(2)20/h4-7,9-10H,3,8H2,1-2H3. The van der Waals surface area contributed by atoms with Gasteiger partial charge < -0.3 is 0 Å². The number of carbonyl (C=O) groups is 1. The first-order chi connectivity index (χ1) is 10.6. The van der Waals surface area contributed by atoms with E-state index >= 15 is 0 Å². The quantitative estimate of drug-likeness (QED) is 0.743. The van der Waals surface area contributed by atoms with E-state index in [9.17, 15) is 9.59 Å². The Morgan fingerprint density at radius 2 is 2.00 bits per heavy atom. The summed E-state index contributed by atoms with van der Waals surface area (Å²) in [4.78, 5) is 28.9. The van der Waals surface area contributed by atoms with E-state index in [4.69, 9.17) is 0 Å². The molecule has 0 aliphatic rings. The number of Topliss-reactive ketones (excluding diaryl/α,β-unsaturated/α-hetero) is 1. The fourth-order valence-electron chi connectivity index (χ4n) is 2.45. The molecule has 0 radical (unpaired) electrons. The highest BCUT2D eigenvalue weighted by atomic mass is 32.1. The fraction of sp³-hybridized carbons (Fsp3) is 0.235. The molecule has 5 heteroatoms. The summed E-state index contributed by atoms with van der Waals surface area (Å²) >= 11 is 1.45. The van der Waals surface area contributed by atoms with Crippen LogP contribution in [-0.2, 0) is 17.8 Å². The second-order valence-corrected chi connectivity index (χ2v) is 6.12. The van der Waals surface area contributed by atoms with Crippen molar-refractivity contribution in [1.29, 1.82) is 0 Å². The Bertz CT molecular complexity index is 891. The maximum absolute atomic E-state index is 12.6. The Hall–Kier alpha value is -2.27. The van der Waals surface area contributed by atoms with Crippen molar-refractivity contribution in [2.75, 3.05) is 0 Å². The van der Waals surface area contributed by atoms with E-state index in [0.717, 1.165) is 17.5 Å². The largest absolute Gasteiger partial charge is 0.298 e. The van der Waals surface area contributed by atoms with Gasteiger partial charge >= 0.3 is 0 Å². The molecule has 0 unspecified atom stereocenters. The number of rotatable bonds is 4. The lowest BCUT2D eigenvalue weighted by Gasteiger charge is -2.04. The molecule has 0 saturated heterocycles. The van der Waals surface area contributed by atoms with Crippen LogP contribution in [0.25, 0.3) is 21.3 Å². The van der Waals surface area contributed by atoms with E-state index in [-0.39, 0.29) is 17.9 Å². The number of benzene rings is 1. The van der Waals surface area contributed by atoms with Crippen LogP contribution in [0.2, 0.25) is 0 Å². The minimum atomic E-state index is -0.156. The number of ketones is 1. The first-order valence-electron chi connectivity index (χ1n) is 7.15. The molecule has 0 bridgehead atoms. The van der Waals surface area contributed by atoms with Crippen molar-refractivity contribution in [3.05, 3.63) is 51.9 Å². The van der Waals surface area contributed by atoms with Crippen LogP contribution in [0, 0.1) is 0 Å². The molecule has 0 N–H and O–H groups in total. The van der Waals surface area contributed by atoms with Gasteiger partial charge in [0.2, 0.25) is 0 Å². The normalized spacial score (nSPS) is 11.0. The number of nitrogens with zero attached hydrogens (tertiary/aromatic N) is 2. The molecule has 0 atom stereocenters. The van der Waals surface area contributed by atoms with E-state index in [2.05, 4.69) is 24.0 Å². The first kappa shape index (κ1) is 14.7. The summed E-state index contributed by atoms with van der Waals surface area (Å²) in [6.07, 6.45) is 2.43. The zero-order valence-electron chi connectivity index (χ0n) is 12.5. The molecule has 0 aliphatic heterocycles. The lowest BCUT2D eigenvalue weighted by molar-refractivity contribution is -0.117. The molecule has 4 nitrogen and oxygen atoms in total. The number of fused-ring (bicyclic) bond motifs is 1. The lowest BCUT2D eigenvalue weighted by Crippen LogP contribution is -2.23. The van der Waals surface area contributed by atoms with Crippen molar-refractivity contribution in [2.24, 2.45) is 0 Å². The Morgan fingerprint density at radius 1 is 1.27 bits per heavy atom. The van der Waals surface area contributed by atoms with Crippen molar-refractivity contribution >= 4 is 27.3 Å². The summed E-state index contributed by atoms with van der Waals surface area (Å²) in [6, 6.07) is 8.21. The number of hydrogen-bond acceptors (Lipinski definition) is 4. The minimum absolute atomic E-state index is 0.0613. The van der Waals surface area contributed by atoms with E-state index in [1.165, 1.54) is 34.7 Å². The maximum Gasteiger partial charge on any atom is 0.263 e. The highest BCUT2D eigenvalue weighted by Gasteiger charge is 2.13. The number of aryl methyl sites for hydroxylation is 1. The van der Waals surface area contributed by atoms with E-state index < -0.39 is 0 Å². The van der Waals surface area contributed by atoms with Crippen molar-refractivity contribution in [3.8, 4) is 11.1 Å². The van der Waals surface area contributed by atoms with Crippen molar-refractivity contribution in [3.63, 3.8) is 0 Å². The van der Waals surface area contributed by atoms with Crippen LogP contribution < -0.4 is 5.56 Å². The second-order valence-electron chi connectivity index (χ2n) is 5.26. The number of hydrogen-bond donors (Lipinski definition) is 0. The number of aromatic nitrogens is 2. The molecule has 0 aliphatic carbocycles. The van der Waals surface area contributed by atoms with Crippen LogP contribution in [0.3, 0.4) is 0 Å². The topological polar surface area (TPSA) is 52.0 Å². The summed E-state index contributed by atoms with van der Waals surface area (Å²) in [7, 11) is 0. The van der Waals surface area contributed by atoms with Gasteiger partial charge in [0, 0.05) is 10.9 Å². The molecule has 1 aromatic carbocycles. The summed E-state index contributed by atoms with van der Waals surface area (Å²) in [5.41, 5.74) is 2.99. The van der Waals surface area contributed by atoms with Gasteiger partial charge in [-0.25, -0.2) is 4.98 Å². The SMILES string of the molecule is CCc1ccc(-c2csc3ncn(CC(C)=O)c(=O)c23)cc1. The van der Waals surface area contributed by atoms with Gasteiger partial charge in [-0.05, 0) is 24.5 Å². The van der Waals surface area contributed by atoms with Gasteiger partial charge in [-0.3, -0.25) is 14.2 Å². The lowest BCUT2D eigenvalue weighted by atomic mass is 10.0. The van der Waals surface area contributed by atoms with Gasteiger partial charge in [0.25, 0.3) is 5.56 Å². The molecule has 0 fully saturated rings. The molecule has 0 spiro atoms. The number of carbonyl (C=O) groups excluding carboxylic acids is 1. The van der Waals surface area contributed by atoms with E-state index in [1.54, 1.807) is 0 Å². The zero-order valence-corrected chi connectivity index (χ0v) is 13.3. The predicted molar refractivity (Wildman–Crippen MR) is 89.4 cm³/mol. The van der Waals surface area contributed by atoms with Crippen LogP contribution in [0.4, 0.5) is 0 Å². The van der Waals surface area contributed by atoms with Gasteiger partial charge in [0.1, 0.15) is 10.6 Å². The molecule has 0 saturated carbocycles. The highest BCUT2D eigenvalue weighted by Crippen LogP contribution is 2.30. The van der Waals surface area contributed by atoms with Crippen LogP contribution in [0.15, 0.2) is 40.8 Å². The summed E-state index contributed by atoms with van der Waals surface area (Å²) < 4.78 is 1.38. The smallest absolute Gasteiger partial charge is 0.263 e. The van der Waals surface area contributed by atoms with Crippen LogP contribution in [-0.4, -0.2) is 15.3 Å². The molecule has 22 heavy (non-hydrogen) atoms. The Kier molecular flexibility index (Phi) is 3.90. The molecule has 2 aromatic heterocycles. The number of thiophene rings is 1. The van der Waals surface area contributed by atoms with E-state index in [0.29, 0.717) is 10.2 Å². The van der Waals surface area contributed by atoms with Gasteiger partial charge in [-0.15, -0.1) is 11.3 Å². The highest BCUT2D eigenvalue weighted by molar-refractivity contribution is 7.17. The molecular weight excluding hydrogens is 296 g/mol. The Balaban J connectivity index is 2.17. The van der Waals surface area contributed by atoms with Gasteiger partial charge in [0.15, 0.2) is 0 Å². The Labute approximate surface area is 132 Å². The van der Waals surface area contributed by atoms with Crippen molar-refractivity contribution in [1.82, 2.24) is 9.55 Å². The average molecular weight is 312 g/mol. The molecular formula is C17H16N2O2S. The predicted octanol–water partition coefficient (Wildman–Crippen LogP) is 3.28. The fourth-order valence-corrected chi connectivity index (χ4v) is 3.36. The molecule has 2 heterocycles.